The summed E-state index contributed by atoms with van der Waals surface area (Å²) in [7, 11) is 0. The molecule has 2 saturated heterocycles. The van der Waals surface area contributed by atoms with Gasteiger partial charge >= 0.3 is 0 Å². The van der Waals surface area contributed by atoms with Crippen LogP contribution in [0, 0.1) is 12.7 Å². The third-order valence-electron chi connectivity index (χ3n) is 5.49. The molecule has 2 heterocycles. The molecule has 0 aromatic heterocycles. The summed E-state index contributed by atoms with van der Waals surface area (Å²) in [4.78, 5) is 16.6. The van der Waals surface area contributed by atoms with E-state index in [0.717, 1.165) is 38.2 Å². The zero-order valence-electron chi connectivity index (χ0n) is 15.7. The summed E-state index contributed by atoms with van der Waals surface area (Å²) >= 11 is 0. The summed E-state index contributed by atoms with van der Waals surface area (Å²) in [5.41, 5.74) is 2.94. The molecule has 2 aliphatic rings. The maximum atomic E-state index is 13.3. The number of halogens is 1. The number of morpholine rings is 1. The molecule has 0 N–H and O–H groups in total. The minimum atomic E-state index is -0.357. The fourth-order valence-corrected chi connectivity index (χ4v) is 4.21. The van der Waals surface area contributed by atoms with E-state index in [1.807, 2.05) is 0 Å². The molecule has 0 bridgehead atoms. The van der Waals surface area contributed by atoms with Crippen molar-refractivity contribution in [2.75, 3.05) is 31.1 Å². The summed E-state index contributed by atoms with van der Waals surface area (Å²) in [6.45, 7) is 5.42. The van der Waals surface area contributed by atoms with Gasteiger partial charge in [0.1, 0.15) is 12.4 Å². The van der Waals surface area contributed by atoms with Gasteiger partial charge in [0, 0.05) is 18.8 Å². The summed E-state index contributed by atoms with van der Waals surface area (Å²) in [6, 6.07) is 14.7. The molecule has 2 aromatic rings. The van der Waals surface area contributed by atoms with Gasteiger partial charge in [-0.2, -0.15) is 0 Å². The fraction of sp³-hybridized carbons (Fsp3) is 0.409. The van der Waals surface area contributed by atoms with E-state index in [4.69, 9.17) is 4.74 Å². The van der Waals surface area contributed by atoms with Gasteiger partial charge in [0.05, 0.1) is 12.1 Å². The Bertz CT molecular complexity index is 823. The lowest BCUT2D eigenvalue weighted by Crippen LogP contribution is -2.61. The standard InChI is InChI=1S/C22H25FN2O2/c1-17-4-2-5-18(12-17)13-24-11-3-10-22(15-24)16-25(21(26)14-27-22)20-8-6-19(23)7-9-20/h2,4-9,12H,3,10-11,13-16H2,1H3. The van der Waals surface area contributed by atoms with Crippen LogP contribution >= 0.6 is 0 Å². The van der Waals surface area contributed by atoms with Gasteiger partial charge in [0.2, 0.25) is 0 Å². The van der Waals surface area contributed by atoms with E-state index in [0.29, 0.717) is 6.54 Å². The first-order valence-electron chi connectivity index (χ1n) is 9.51. The Labute approximate surface area is 159 Å². The number of hydrogen-bond donors (Lipinski definition) is 0. The van der Waals surface area contributed by atoms with Crippen LogP contribution in [0.2, 0.25) is 0 Å². The Morgan fingerprint density at radius 3 is 2.74 bits per heavy atom. The van der Waals surface area contributed by atoms with Gasteiger partial charge in [-0.05, 0) is 56.1 Å². The highest BCUT2D eigenvalue weighted by Gasteiger charge is 2.43. The van der Waals surface area contributed by atoms with Gasteiger partial charge in [-0.25, -0.2) is 4.39 Å². The van der Waals surface area contributed by atoms with Crippen LogP contribution in [0.5, 0.6) is 0 Å². The van der Waals surface area contributed by atoms with Crippen molar-refractivity contribution in [1.29, 1.82) is 0 Å². The second kappa shape index (κ2) is 7.41. The van der Waals surface area contributed by atoms with E-state index in [-0.39, 0.29) is 23.9 Å². The van der Waals surface area contributed by atoms with E-state index in [2.05, 4.69) is 36.1 Å². The number of benzene rings is 2. The Morgan fingerprint density at radius 2 is 1.96 bits per heavy atom. The average molecular weight is 368 g/mol. The van der Waals surface area contributed by atoms with Crippen LogP contribution in [0.15, 0.2) is 48.5 Å². The second-order valence-corrected chi connectivity index (χ2v) is 7.73. The molecule has 0 radical (unpaired) electrons. The smallest absolute Gasteiger partial charge is 0.253 e. The predicted molar refractivity (Wildman–Crippen MR) is 103 cm³/mol. The van der Waals surface area contributed by atoms with Crippen molar-refractivity contribution in [2.24, 2.45) is 0 Å². The van der Waals surface area contributed by atoms with Gasteiger partial charge in [-0.15, -0.1) is 0 Å². The third kappa shape index (κ3) is 4.04. The summed E-state index contributed by atoms with van der Waals surface area (Å²) in [6.07, 6.45) is 1.97. The Morgan fingerprint density at radius 1 is 1.15 bits per heavy atom. The van der Waals surface area contributed by atoms with Crippen molar-refractivity contribution < 1.29 is 13.9 Å². The molecule has 0 aliphatic carbocycles. The first-order valence-corrected chi connectivity index (χ1v) is 9.51. The number of rotatable bonds is 3. The highest BCUT2D eigenvalue weighted by Crippen LogP contribution is 2.32. The van der Waals surface area contributed by atoms with E-state index >= 15 is 0 Å². The Kier molecular flexibility index (Phi) is 4.98. The van der Waals surface area contributed by atoms with E-state index in [9.17, 15) is 9.18 Å². The van der Waals surface area contributed by atoms with Crippen molar-refractivity contribution in [1.82, 2.24) is 4.90 Å². The van der Waals surface area contributed by atoms with E-state index in [1.165, 1.54) is 23.3 Å². The van der Waals surface area contributed by atoms with Crippen molar-refractivity contribution >= 4 is 11.6 Å². The molecule has 1 amide bonds. The number of likely N-dealkylation sites (tertiary alicyclic amines) is 1. The number of amides is 1. The normalized spacial score (nSPS) is 23.8. The molecule has 27 heavy (non-hydrogen) atoms. The van der Waals surface area contributed by atoms with Crippen LogP contribution in [0.3, 0.4) is 0 Å². The third-order valence-corrected chi connectivity index (χ3v) is 5.49. The summed E-state index contributed by atoms with van der Waals surface area (Å²) in [5.74, 6) is -0.362. The maximum absolute atomic E-state index is 13.3. The molecular weight excluding hydrogens is 343 g/mol. The number of aryl methyl sites for hydroxylation is 1. The van der Waals surface area contributed by atoms with Gasteiger partial charge in [-0.3, -0.25) is 9.69 Å². The van der Waals surface area contributed by atoms with Gasteiger partial charge in [0.25, 0.3) is 5.91 Å². The first-order chi connectivity index (χ1) is 13.0. The number of carbonyl (C=O) groups excluding carboxylic acids is 1. The van der Waals surface area contributed by atoms with E-state index in [1.54, 1.807) is 17.0 Å². The van der Waals surface area contributed by atoms with Crippen LogP contribution < -0.4 is 4.90 Å². The zero-order valence-corrected chi connectivity index (χ0v) is 15.7. The molecule has 5 heteroatoms. The zero-order chi connectivity index (χ0) is 18.9. The minimum Gasteiger partial charge on any atom is -0.362 e. The van der Waals surface area contributed by atoms with Crippen molar-refractivity contribution in [3.63, 3.8) is 0 Å². The quantitative estimate of drug-likeness (QED) is 0.831. The number of anilines is 1. The average Bonchev–Trinajstić information content (AvgIpc) is 2.65. The largest absolute Gasteiger partial charge is 0.362 e. The molecule has 2 fully saturated rings. The molecule has 4 rings (SSSR count). The fourth-order valence-electron chi connectivity index (χ4n) is 4.21. The number of nitrogens with zero attached hydrogens (tertiary/aromatic N) is 2. The predicted octanol–water partition coefficient (Wildman–Crippen LogP) is 3.53. The second-order valence-electron chi connectivity index (χ2n) is 7.73. The number of hydrogen-bond acceptors (Lipinski definition) is 3. The molecule has 142 valence electrons. The Hall–Kier alpha value is -2.24. The van der Waals surface area contributed by atoms with Gasteiger partial charge in [0.15, 0.2) is 0 Å². The van der Waals surface area contributed by atoms with Crippen LogP contribution in [0.4, 0.5) is 10.1 Å². The molecule has 1 atom stereocenters. The molecule has 2 aromatic carbocycles. The van der Waals surface area contributed by atoms with Crippen LogP contribution in [0.1, 0.15) is 24.0 Å². The van der Waals surface area contributed by atoms with Crippen molar-refractivity contribution in [2.45, 2.75) is 31.9 Å². The minimum absolute atomic E-state index is 0.0666. The van der Waals surface area contributed by atoms with Crippen LogP contribution in [-0.2, 0) is 16.1 Å². The van der Waals surface area contributed by atoms with Gasteiger partial charge in [-0.1, -0.05) is 29.8 Å². The van der Waals surface area contributed by atoms with E-state index < -0.39 is 0 Å². The molecular formula is C22H25FN2O2. The number of piperidine rings is 1. The monoisotopic (exact) mass is 368 g/mol. The number of carbonyl (C=O) groups is 1. The lowest BCUT2D eigenvalue weighted by Gasteiger charge is -2.47. The summed E-state index contributed by atoms with van der Waals surface area (Å²) in [5, 5.41) is 0. The highest BCUT2D eigenvalue weighted by atomic mass is 19.1. The van der Waals surface area contributed by atoms with Crippen LogP contribution in [-0.4, -0.2) is 42.6 Å². The molecule has 2 aliphatic heterocycles. The molecule has 1 spiro atoms. The van der Waals surface area contributed by atoms with Crippen molar-refractivity contribution in [3.05, 3.63) is 65.5 Å². The highest BCUT2D eigenvalue weighted by molar-refractivity contribution is 5.95. The lowest BCUT2D eigenvalue weighted by atomic mass is 9.90. The summed E-state index contributed by atoms with van der Waals surface area (Å²) < 4.78 is 19.3. The molecule has 4 nitrogen and oxygen atoms in total. The SMILES string of the molecule is Cc1cccc(CN2CCCC3(C2)CN(c2ccc(F)cc2)C(=O)CO3)c1. The first kappa shape index (κ1) is 18.1. The molecule has 1 unspecified atom stereocenters. The molecule has 0 saturated carbocycles. The van der Waals surface area contributed by atoms with Crippen molar-refractivity contribution in [3.8, 4) is 0 Å². The topological polar surface area (TPSA) is 32.8 Å². The lowest BCUT2D eigenvalue weighted by molar-refractivity contribution is -0.146. The maximum Gasteiger partial charge on any atom is 0.253 e. The van der Waals surface area contributed by atoms with Gasteiger partial charge < -0.3 is 9.64 Å². The van der Waals surface area contributed by atoms with Crippen LogP contribution in [0.25, 0.3) is 0 Å². The Balaban J connectivity index is 1.49. The number of ether oxygens (including phenoxy) is 1.